The number of hydrogen-bond donors (Lipinski definition) is 1. The highest BCUT2D eigenvalue weighted by Gasteiger charge is 2.08. The normalized spacial score (nSPS) is 11.0. The Morgan fingerprint density at radius 2 is 2.28 bits per heavy atom. The summed E-state index contributed by atoms with van der Waals surface area (Å²) in [6, 6.07) is 0. The summed E-state index contributed by atoms with van der Waals surface area (Å²) in [5.41, 5.74) is 0. The van der Waals surface area contributed by atoms with E-state index in [2.05, 4.69) is 38.0 Å². The van der Waals surface area contributed by atoms with Crippen molar-refractivity contribution in [1.82, 2.24) is 40.3 Å². The van der Waals surface area contributed by atoms with Crippen molar-refractivity contribution >= 4 is 11.8 Å². The first-order valence-corrected chi connectivity index (χ1v) is 6.72. The summed E-state index contributed by atoms with van der Waals surface area (Å²) in [5, 5.41) is 23.6. The smallest absolute Gasteiger partial charge is 0.209 e. The number of nitrogens with one attached hydrogen (secondary N) is 1. The molecule has 0 aliphatic carbocycles. The zero-order valence-corrected chi connectivity index (χ0v) is 11.3. The van der Waals surface area contributed by atoms with Crippen molar-refractivity contribution < 1.29 is 0 Å². The molecule has 0 unspecified atom stereocenters. The van der Waals surface area contributed by atoms with Crippen LogP contribution in [0.2, 0.25) is 0 Å². The summed E-state index contributed by atoms with van der Waals surface area (Å²) >= 11 is 1.56. The highest BCUT2D eigenvalue weighted by atomic mass is 32.2. The lowest BCUT2D eigenvalue weighted by atomic mass is 10.6. The second-order valence-electron chi connectivity index (χ2n) is 3.68. The van der Waals surface area contributed by atoms with Crippen LogP contribution in [0.5, 0.6) is 0 Å². The zero-order valence-electron chi connectivity index (χ0n) is 10.4. The van der Waals surface area contributed by atoms with Crippen molar-refractivity contribution in [2.75, 3.05) is 13.1 Å². The van der Waals surface area contributed by atoms with Gasteiger partial charge in [0.15, 0.2) is 0 Å². The van der Waals surface area contributed by atoms with Gasteiger partial charge in [0, 0.05) is 13.6 Å². The Morgan fingerprint density at radius 1 is 1.39 bits per heavy atom. The van der Waals surface area contributed by atoms with Crippen LogP contribution in [0.25, 0.3) is 0 Å². The van der Waals surface area contributed by atoms with Gasteiger partial charge in [0.2, 0.25) is 5.16 Å². The standard InChI is InChI=1S/C9H16N8S/c1-3-10-4-5-17-9(13-14-15-17)18-6-8-12-11-7-16(8)2/h7,10H,3-6H2,1-2H3. The van der Waals surface area contributed by atoms with Gasteiger partial charge in [-0.25, -0.2) is 4.68 Å². The predicted molar refractivity (Wildman–Crippen MR) is 66.9 cm³/mol. The molecule has 0 aromatic carbocycles. The van der Waals surface area contributed by atoms with Gasteiger partial charge in [0.1, 0.15) is 12.2 Å². The Labute approximate surface area is 109 Å². The minimum atomic E-state index is 0.706. The van der Waals surface area contributed by atoms with Gasteiger partial charge in [0.25, 0.3) is 0 Å². The number of thioether (sulfide) groups is 1. The zero-order chi connectivity index (χ0) is 12.8. The molecule has 0 amide bonds. The van der Waals surface area contributed by atoms with Gasteiger partial charge in [-0.2, -0.15) is 0 Å². The van der Waals surface area contributed by atoms with E-state index in [1.165, 1.54) is 0 Å². The lowest BCUT2D eigenvalue weighted by Crippen LogP contribution is -2.20. The van der Waals surface area contributed by atoms with Gasteiger partial charge in [-0.1, -0.05) is 18.7 Å². The molecule has 1 N–H and O–H groups in total. The van der Waals surface area contributed by atoms with Gasteiger partial charge in [-0.05, 0) is 17.0 Å². The molecule has 0 aliphatic rings. The summed E-state index contributed by atoms with van der Waals surface area (Å²) in [6.45, 7) is 4.65. The summed E-state index contributed by atoms with van der Waals surface area (Å²) in [4.78, 5) is 0. The van der Waals surface area contributed by atoms with Crippen LogP contribution >= 0.6 is 11.8 Å². The Balaban J connectivity index is 1.89. The van der Waals surface area contributed by atoms with Crippen LogP contribution in [-0.2, 0) is 19.3 Å². The Hall–Kier alpha value is -1.48. The second-order valence-corrected chi connectivity index (χ2v) is 4.63. The average Bonchev–Trinajstić information content (AvgIpc) is 2.96. The second kappa shape index (κ2) is 6.45. The van der Waals surface area contributed by atoms with Crippen LogP contribution < -0.4 is 5.32 Å². The van der Waals surface area contributed by atoms with E-state index >= 15 is 0 Å². The fourth-order valence-corrected chi connectivity index (χ4v) is 2.26. The van der Waals surface area contributed by atoms with E-state index in [1.54, 1.807) is 22.8 Å². The van der Waals surface area contributed by atoms with Crippen molar-refractivity contribution in [1.29, 1.82) is 0 Å². The number of aromatic nitrogens is 7. The van der Waals surface area contributed by atoms with Gasteiger partial charge in [-0.15, -0.1) is 15.3 Å². The number of likely N-dealkylation sites (N-methyl/N-ethyl adjacent to an activating group) is 1. The average molecular weight is 268 g/mol. The third-order valence-corrected chi connectivity index (χ3v) is 3.34. The topological polar surface area (TPSA) is 86.3 Å². The number of hydrogen-bond acceptors (Lipinski definition) is 7. The predicted octanol–water partition coefficient (Wildman–Crippen LogP) is -0.297. The maximum absolute atomic E-state index is 4.02. The molecule has 0 bridgehead atoms. The number of tetrazole rings is 1. The minimum absolute atomic E-state index is 0.706. The van der Waals surface area contributed by atoms with Crippen LogP contribution in [0, 0.1) is 0 Å². The van der Waals surface area contributed by atoms with Crippen molar-refractivity contribution in [3.63, 3.8) is 0 Å². The molecular weight excluding hydrogens is 252 g/mol. The van der Waals surface area contributed by atoms with Gasteiger partial charge in [-0.3, -0.25) is 0 Å². The fraction of sp³-hybridized carbons (Fsp3) is 0.667. The molecule has 0 aliphatic heterocycles. The Kier molecular flexibility index (Phi) is 4.65. The quantitative estimate of drug-likeness (QED) is 0.545. The van der Waals surface area contributed by atoms with Crippen LogP contribution in [-0.4, -0.2) is 48.1 Å². The van der Waals surface area contributed by atoms with Crippen LogP contribution in [0.4, 0.5) is 0 Å². The molecule has 18 heavy (non-hydrogen) atoms. The first-order chi connectivity index (χ1) is 8.81. The van der Waals surface area contributed by atoms with Crippen LogP contribution in [0.3, 0.4) is 0 Å². The molecule has 2 heterocycles. The van der Waals surface area contributed by atoms with E-state index in [1.807, 2.05) is 11.6 Å². The largest absolute Gasteiger partial charge is 0.320 e. The summed E-state index contributed by atoms with van der Waals surface area (Å²) in [6.07, 6.45) is 1.68. The molecule has 0 fully saturated rings. The van der Waals surface area contributed by atoms with Crippen molar-refractivity contribution in [3.8, 4) is 0 Å². The van der Waals surface area contributed by atoms with E-state index in [0.717, 1.165) is 30.6 Å². The van der Waals surface area contributed by atoms with Gasteiger partial charge < -0.3 is 9.88 Å². The molecule has 8 nitrogen and oxygen atoms in total. The first-order valence-electron chi connectivity index (χ1n) is 5.73. The highest BCUT2D eigenvalue weighted by Crippen LogP contribution is 2.17. The first kappa shape index (κ1) is 13.0. The Morgan fingerprint density at radius 3 is 3.00 bits per heavy atom. The maximum Gasteiger partial charge on any atom is 0.209 e. The highest BCUT2D eigenvalue weighted by molar-refractivity contribution is 7.98. The summed E-state index contributed by atoms with van der Waals surface area (Å²) < 4.78 is 3.68. The molecule has 2 rings (SSSR count). The van der Waals surface area contributed by atoms with Crippen LogP contribution in [0.15, 0.2) is 11.5 Å². The summed E-state index contributed by atoms with van der Waals surface area (Å²) in [7, 11) is 1.92. The van der Waals surface area contributed by atoms with E-state index in [-0.39, 0.29) is 0 Å². The van der Waals surface area contributed by atoms with Gasteiger partial charge in [0.05, 0.1) is 12.3 Å². The monoisotopic (exact) mass is 268 g/mol. The van der Waals surface area contributed by atoms with Gasteiger partial charge >= 0.3 is 0 Å². The molecular formula is C9H16N8S. The molecule has 0 saturated carbocycles. The number of nitrogens with zero attached hydrogens (tertiary/aromatic N) is 7. The number of rotatable bonds is 7. The van der Waals surface area contributed by atoms with E-state index in [9.17, 15) is 0 Å². The van der Waals surface area contributed by atoms with Crippen molar-refractivity contribution in [2.24, 2.45) is 7.05 Å². The molecule has 9 heteroatoms. The fourth-order valence-electron chi connectivity index (χ4n) is 1.37. The van der Waals surface area contributed by atoms with E-state index < -0.39 is 0 Å². The molecule has 0 spiro atoms. The Bertz CT molecular complexity index is 478. The molecule has 0 radical (unpaired) electrons. The number of aryl methyl sites for hydroxylation is 1. The molecule has 2 aromatic heterocycles. The lowest BCUT2D eigenvalue weighted by molar-refractivity contribution is 0.517. The van der Waals surface area contributed by atoms with Crippen molar-refractivity contribution in [2.45, 2.75) is 24.4 Å². The molecule has 0 atom stereocenters. The van der Waals surface area contributed by atoms with E-state index in [0.29, 0.717) is 5.75 Å². The van der Waals surface area contributed by atoms with E-state index in [4.69, 9.17) is 0 Å². The van der Waals surface area contributed by atoms with Crippen LogP contribution in [0.1, 0.15) is 12.7 Å². The molecule has 0 saturated heterocycles. The SMILES string of the molecule is CCNCCn1nnnc1SCc1nncn1C. The molecule has 98 valence electrons. The lowest BCUT2D eigenvalue weighted by Gasteiger charge is -2.04. The summed E-state index contributed by atoms with van der Waals surface area (Å²) in [5.74, 6) is 1.61. The minimum Gasteiger partial charge on any atom is -0.320 e. The third kappa shape index (κ3) is 3.26. The molecule has 2 aromatic rings. The maximum atomic E-state index is 4.02. The van der Waals surface area contributed by atoms with Crippen molar-refractivity contribution in [3.05, 3.63) is 12.2 Å². The third-order valence-electron chi connectivity index (χ3n) is 2.38.